The van der Waals surface area contributed by atoms with Gasteiger partial charge in [-0.05, 0) is 62.1 Å². The number of anilines is 1. The predicted octanol–water partition coefficient (Wildman–Crippen LogP) is 3.92. The van der Waals surface area contributed by atoms with E-state index in [2.05, 4.69) is 37.4 Å². The summed E-state index contributed by atoms with van der Waals surface area (Å²) in [6.07, 6.45) is 1.96. The van der Waals surface area contributed by atoms with Gasteiger partial charge >= 0.3 is 0 Å². The molecule has 1 N–H and O–H groups in total. The largest absolute Gasteiger partial charge is 0.337 e. The molecule has 25 heavy (non-hydrogen) atoms. The molecule has 3 rings (SSSR count). The fraction of sp³-hybridized carbons (Fsp3) is 0.333. The Balaban J connectivity index is 1.64. The number of amides is 2. The van der Waals surface area contributed by atoms with Gasteiger partial charge in [-0.2, -0.15) is 0 Å². The summed E-state index contributed by atoms with van der Waals surface area (Å²) in [4.78, 5) is 26.1. The van der Waals surface area contributed by atoms with E-state index in [1.54, 1.807) is 29.2 Å². The first kappa shape index (κ1) is 17.2. The molecular weight excluding hydrogens is 312 g/mol. The van der Waals surface area contributed by atoms with Crippen molar-refractivity contribution in [1.29, 1.82) is 0 Å². The van der Waals surface area contributed by atoms with Crippen LogP contribution in [0.1, 0.15) is 39.9 Å². The zero-order valence-corrected chi connectivity index (χ0v) is 15.0. The van der Waals surface area contributed by atoms with Crippen LogP contribution in [0.3, 0.4) is 0 Å². The van der Waals surface area contributed by atoms with Gasteiger partial charge in [-0.15, -0.1) is 0 Å². The van der Waals surface area contributed by atoms with E-state index in [-0.39, 0.29) is 17.7 Å². The molecule has 0 atom stereocenters. The number of aryl methyl sites for hydroxylation is 2. The van der Waals surface area contributed by atoms with Gasteiger partial charge in [0, 0.05) is 30.8 Å². The van der Waals surface area contributed by atoms with Crippen LogP contribution in [0.4, 0.5) is 5.69 Å². The molecule has 0 heterocycles. The molecule has 1 aliphatic carbocycles. The summed E-state index contributed by atoms with van der Waals surface area (Å²) in [6.45, 7) is 4.71. The van der Waals surface area contributed by atoms with Gasteiger partial charge in [0.05, 0.1) is 0 Å². The topological polar surface area (TPSA) is 49.4 Å². The molecule has 0 aliphatic heterocycles. The van der Waals surface area contributed by atoms with Crippen molar-refractivity contribution >= 4 is 17.5 Å². The molecule has 0 radical (unpaired) electrons. The molecule has 2 aromatic rings. The number of benzene rings is 2. The van der Waals surface area contributed by atoms with Crippen LogP contribution in [0.2, 0.25) is 0 Å². The molecule has 2 aromatic carbocycles. The van der Waals surface area contributed by atoms with Crippen LogP contribution in [0.25, 0.3) is 0 Å². The molecule has 0 bridgehead atoms. The first-order chi connectivity index (χ1) is 11.9. The number of rotatable bonds is 5. The van der Waals surface area contributed by atoms with Crippen LogP contribution in [0.5, 0.6) is 0 Å². The van der Waals surface area contributed by atoms with Crippen LogP contribution in [-0.4, -0.2) is 23.8 Å². The molecule has 0 saturated heterocycles. The molecule has 2 amide bonds. The predicted molar refractivity (Wildman–Crippen MR) is 99.5 cm³/mol. The monoisotopic (exact) mass is 336 g/mol. The Morgan fingerprint density at radius 1 is 1.08 bits per heavy atom. The average Bonchev–Trinajstić information content (AvgIpc) is 3.42. The maximum atomic E-state index is 12.6. The molecule has 1 fully saturated rings. The van der Waals surface area contributed by atoms with E-state index in [0.29, 0.717) is 12.1 Å². The molecule has 0 aromatic heterocycles. The van der Waals surface area contributed by atoms with E-state index in [0.717, 1.165) is 24.1 Å². The highest BCUT2D eigenvalue weighted by Crippen LogP contribution is 2.30. The van der Waals surface area contributed by atoms with Crippen LogP contribution >= 0.6 is 0 Å². The lowest BCUT2D eigenvalue weighted by Crippen LogP contribution is -2.26. The Morgan fingerprint density at radius 2 is 1.76 bits per heavy atom. The van der Waals surface area contributed by atoms with Crippen molar-refractivity contribution in [2.24, 2.45) is 5.92 Å². The molecule has 4 nitrogen and oxygen atoms in total. The number of hydrogen-bond donors (Lipinski definition) is 1. The SMILES string of the molecule is Cc1ccc(CN(C)C(=O)c2ccc(NC(=O)C3CC3)cc2)c(C)c1. The normalized spacial score (nSPS) is 13.4. The van der Waals surface area contributed by atoms with Crippen molar-refractivity contribution in [3.05, 3.63) is 64.7 Å². The number of carbonyl (C=O) groups is 2. The van der Waals surface area contributed by atoms with Gasteiger partial charge in [-0.25, -0.2) is 0 Å². The summed E-state index contributed by atoms with van der Waals surface area (Å²) in [5.74, 6) is 0.219. The lowest BCUT2D eigenvalue weighted by Gasteiger charge is -2.19. The fourth-order valence-electron chi connectivity index (χ4n) is 2.86. The van der Waals surface area contributed by atoms with E-state index in [9.17, 15) is 9.59 Å². The smallest absolute Gasteiger partial charge is 0.253 e. The minimum absolute atomic E-state index is 0.0277. The number of carbonyl (C=O) groups excluding carboxylic acids is 2. The Kier molecular flexibility index (Phi) is 4.88. The summed E-state index contributed by atoms with van der Waals surface area (Å²) >= 11 is 0. The van der Waals surface area contributed by atoms with Gasteiger partial charge in [-0.1, -0.05) is 23.8 Å². The Morgan fingerprint density at radius 3 is 2.36 bits per heavy atom. The highest BCUT2D eigenvalue weighted by molar-refractivity contribution is 5.96. The van der Waals surface area contributed by atoms with Crippen LogP contribution in [0.15, 0.2) is 42.5 Å². The third-order valence-corrected chi connectivity index (χ3v) is 4.60. The highest BCUT2D eigenvalue weighted by atomic mass is 16.2. The van der Waals surface area contributed by atoms with E-state index < -0.39 is 0 Å². The van der Waals surface area contributed by atoms with Gasteiger partial charge in [-0.3, -0.25) is 9.59 Å². The van der Waals surface area contributed by atoms with Crippen molar-refractivity contribution in [3.63, 3.8) is 0 Å². The first-order valence-electron chi connectivity index (χ1n) is 8.66. The minimum atomic E-state index is -0.0277. The summed E-state index contributed by atoms with van der Waals surface area (Å²) in [6, 6.07) is 13.4. The zero-order chi connectivity index (χ0) is 18.0. The summed E-state index contributed by atoms with van der Waals surface area (Å²) in [5, 5.41) is 2.89. The zero-order valence-electron chi connectivity index (χ0n) is 15.0. The van der Waals surface area contributed by atoms with Gasteiger partial charge in [0.2, 0.25) is 5.91 Å². The lowest BCUT2D eigenvalue weighted by molar-refractivity contribution is -0.117. The third kappa shape index (κ3) is 4.27. The summed E-state index contributed by atoms with van der Waals surface area (Å²) < 4.78 is 0. The lowest BCUT2D eigenvalue weighted by atomic mass is 10.1. The molecule has 4 heteroatoms. The molecule has 0 spiro atoms. The molecule has 1 saturated carbocycles. The van der Waals surface area contributed by atoms with Crippen molar-refractivity contribution in [3.8, 4) is 0 Å². The first-order valence-corrected chi connectivity index (χ1v) is 8.66. The molecular formula is C21H24N2O2. The van der Waals surface area contributed by atoms with Gasteiger partial charge in [0.1, 0.15) is 0 Å². The second-order valence-corrected chi connectivity index (χ2v) is 6.93. The van der Waals surface area contributed by atoms with Crippen molar-refractivity contribution in [2.75, 3.05) is 12.4 Å². The van der Waals surface area contributed by atoms with Gasteiger partial charge < -0.3 is 10.2 Å². The van der Waals surface area contributed by atoms with E-state index >= 15 is 0 Å². The maximum Gasteiger partial charge on any atom is 0.253 e. The average molecular weight is 336 g/mol. The van der Waals surface area contributed by atoms with Crippen molar-refractivity contribution in [1.82, 2.24) is 4.90 Å². The van der Waals surface area contributed by atoms with Gasteiger partial charge in [0.25, 0.3) is 5.91 Å². The van der Waals surface area contributed by atoms with Crippen LogP contribution < -0.4 is 5.32 Å². The van der Waals surface area contributed by atoms with Crippen molar-refractivity contribution in [2.45, 2.75) is 33.2 Å². The second kappa shape index (κ2) is 7.09. The van der Waals surface area contributed by atoms with E-state index in [1.807, 2.05) is 7.05 Å². The maximum absolute atomic E-state index is 12.6. The third-order valence-electron chi connectivity index (χ3n) is 4.60. The van der Waals surface area contributed by atoms with Crippen LogP contribution in [-0.2, 0) is 11.3 Å². The highest BCUT2D eigenvalue weighted by Gasteiger charge is 2.29. The summed E-state index contributed by atoms with van der Waals surface area (Å²) in [7, 11) is 1.81. The number of nitrogens with one attached hydrogen (secondary N) is 1. The second-order valence-electron chi connectivity index (χ2n) is 6.93. The Hall–Kier alpha value is -2.62. The van der Waals surface area contributed by atoms with E-state index in [1.165, 1.54) is 11.1 Å². The molecule has 0 unspecified atom stereocenters. The van der Waals surface area contributed by atoms with Crippen molar-refractivity contribution < 1.29 is 9.59 Å². The molecule has 130 valence electrons. The van der Waals surface area contributed by atoms with E-state index in [4.69, 9.17) is 0 Å². The van der Waals surface area contributed by atoms with Gasteiger partial charge in [0.15, 0.2) is 0 Å². The number of hydrogen-bond acceptors (Lipinski definition) is 2. The Bertz CT molecular complexity index is 792. The number of nitrogens with zero attached hydrogens (tertiary/aromatic N) is 1. The summed E-state index contributed by atoms with van der Waals surface area (Å²) in [5.41, 5.74) is 4.92. The van der Waals surface area contributed by atoms with Crippen LogP contribution in [0, 0.1) is 19.8 Å². The fourth-order valence-corrected chi connectivity index (χ4v) is 2.86. The Labute approximate surface area is 148 Å². The quantitative estimate of drug-likeness (QED) is 0.899. The molecule has 1 aliphatic rings. The standard InChI is InChI=1S/C21H24N2O2/c1-14-4-5-18(15(2)12-14)13-23(3)21(25)17-8-10-19(11-9-17)22-20(24)16-6-7-16/h4-5,8-12,16H,6-7,13H2,1-3H3,(H,22,24). The minimum Gasteiger partial charge on any atom is -0.337 e.